The van der Waals surface area contributed by atoms with E-state index in [1.807, 2.05) is 11.8 Å². The first-order chi connectivity index (χ1) is 12.3. The molecule has 2 aliphatic rings. The van der Waals surface area contributed by atoms with Gasteiger partial charge in [-0.25, -0.2) is 0 Å². The molecule has 1 atom stereocenters. The fourth-order valence-corrected chi connectivity index (χ4v) is 4.18. The SMILES string of the molecule is CCN1CC2(CC1=O)CN(C(C)=O)CCN(C(=O)c1cccc(Cl)c1)C2. The molecule has 0 radical (unpaired) electrons. The summed E-state index contributed by atoms with van der Waals surface area (Å²) in [5.74, 6) is -0.0449. The highest BCUT2D eigenvalue weighted by Gasteiger charge is 2.47. The van der Waals surface area contributed by atoms with Gasteiger partial charge in [-0.2, -0.15) is 0 Å². The Kier molecular flexibility index (Phi) is 5.23. The normalized spacial score (nSPS) is 23.5. The topological polar surface area (TPSA) is 60.9 Å². The molecule has 0 bridgehead atoms. The lowest BCUT2D eigenvalue weighted by Crippen LogP contribution is -2.45. The van der Waals surface area contributed by atoms with E-state index in [0.717, 1.165) is 0 Å². The van der Waals surface area contributed by atoms with Crippen LogP contribution in [0.15, 0.2) is 24.3 Å². The molecule has 6 nitrogen and oxygen atoms in total. The van der Waals surface area contributed by atoms with Crippen molar-refractivity contribution >= 4 is 29.3 Å². The van der Waals surface area contributed by atoms with Gasteiger partial charge in [0.25, 0.3) is 5.91 Å². The van der Waals surface area contributed by atoms with E-state index in [2.05, 4.69) is 0 Å². The molecule has 1 spiro atoms. The first-order valence-electron chi connectivity index (χ1n) is 8.92. The zero-order valence-corrected chi connectivity index (χ0v) is 16.0. The van der Waals surface area contributed by atoms with Gasteiger partial charge in [-0.05, 0) is 25.1 Å². The zero-order chi connectivity index (χ0) is 18.9. The van der Waals surface area contributed by atoms with Crippen LogP contribution in [0.4, 0.5) is 0 Å². The Morgan fingerprint density at radius 1 is 1.15 bits per heavy atom. The molecule has 1 aromatic rings. The van der Waals surface area contributed by atoms with Crippen molar-refractivity contribution in [1.29, 1.82) is 0 Å². The molecule has 7 heteroatoms. The number of benzene rings is 1. The third-order valence-corrected chi connectivity index (χ3v) is 5.52. The Morgan fingerprint density at radius 2 is 1.85 bits per heavy atom. The summed E-state index contributed by atoms with van der Waals surface area (Å²) < 4.78 is 0. The van der Waals surface area contributed by atoms with E-state index in [1.54, 1.807) is 34.1 Å². The molecule has 3 rings (SSSR count). The molecule has 2 saturated heterocycles. The molecule has 2 fully saturated rings. The van der Waals surface area contributed by atoms with Crippen LogP contribution in [0.25, 0.3) is 0 Å². The summed E-state index contributed by atoms with van der Waals surface area (Å²) in [6, 6.07) is 6.88. The molecule has 3 amide bonds. The van der Waals surface area contributed by atoms with Gasteiger partial charge in [0.15, 0.2) is 0 Å². The van der Waals surface area contributed by atoms with Gasteiger partial charge < -0.3 is 14.7 Å². The van der Waals surface area contributed by atoms with E-state index < -0.39 is 5.41 Å². The van der Waals surface area contributed by atoms with Gasteiger partial charge >= 0.3 is 0 Å². The quantitative estimate of drug-likeness (QED) is 0.790. The van der Waals surface area contributed by atoms with Gasteiger partial charge in [0.2, 0.25) is 11.8 Å². The lowest BCUT2D eigenvalue weighted by molar-refractivity contribution is -0.130. The Hall–Kier alpha value is -2.08. The molecule has 1 unspecified atom stereocenters. The lowest BCUT2D eigenvalue weighted by atomic mass is 9.85. The molecule has 1 aromatic carbocycles. The smallest absolute Gasteiger partial charge is 0.253 e. The fourth-order valence-electron chi connectivity index (χ4n) is 3.99. The van der Waals surface area contributed by atoms with E-state index in [1.165, 1.54) is 6.92 Å². The van der Waals surface area contributed by atoms with E-state index in [0.29, 0.717) is 56.3 Å². The van der Waals surface area contributed by atoms with Crippen LogP contribution in [0, 0.1) is 5.41 Å². The average molecular weight is 378 g/mol. The number of likely N-dealkylation sites (tertiary alicyclic amines) is 1. The monoisotopic (exact) mass is 377 g/mol. The zero-order valence-electron chi connectivity index (χ0n) is 15.2. The molecule has 26 heavy (non-hydrogen) atoms. The van der Waals surface area contributed by atoms with Crippen LogP contribution < -0.4 is 0 Å². The number of nitrogens with zero attached hydrogens (tertiary/aromatic N) is 3. The van der Waals surface area contributed by atoms with Crippen LogP contribution in [0.3, 0.4) is 0 Å². The Morgan fingerprint density at radius 3 is 2.46 bits per heavy atom. The van der Waals surface area contributed by atoms with Crippen molar-refractivity contribution in [2.75, 3.05) is 39.3 Å². The summed E-state index contributed by atoms with van der Waals surface area (Å²) in [5, 5.41) is 0.513. The fraction of sp³-hybridized carbons (Fsp3) is 0.526. The largest absolute Gasteiger partial charge is 0.342 e. The van der Waals surface area contributed by atoms with Crippen LogP contribution in [-0.4, -0.2) is 71.7 Å². The third kappa shape index (κ3) is 3.70. The van der Waals surface area contributed by atoms with Crippen molar-refractivity contribution in [3.63, 3.8) is 0 Å². The predicted molar refractivity (Wildman–Crippen MR) is 98.9 cm³/mol. The number of carbonyl (C=O) groups is 3. The molecule has 0 saturated carbocycles. The standard InChI is InChI=1S/C19H24ClN3O3/c1-3-21-11-19(10-17(21)25)12-22(14(2)24)7-8-23(13-19)18(26)15-5-4-6-16(20)9-15/h4-6,9H,3,7-8,10-13H2,1-2H3. The van der Waals surface area contributed by atoms with Crippen molar-refractivity contribution in [1.82, 2.24) is 14.7 Å². The molecular formula is C19H24ClN3O3. The van der Waals surface area contributed by atoms with Crippen LogP contribution >= 0.6 is 11.6 Å². The Labute approximate surface area is 158 Å². The molecular weight excluding hydrogens is 354 g/mol. The maximum Gasteiger partial charge on any atom is 0.253 e. The van der Waals surface area contributed by atoms with Crippen molar-refractivity contribution in [3.8, 4) is 0 Å². The summed E-state index contributed by atoms with van der Waals surface area (Å²) >= 11 is 6.03. The third-order valence-electron chi connectivity index (χ3n) is 5.28. The molecule has 2 aliphatic heterocycles. The number of halogens is 1. The van der Waals surface area contributed by atoms with Gasteiger partial charge in [0.1, 0.15) is 0 Å². The minimum Gasteiger partial charge on any atom is -0.342 e. The first kappa shape index (κ1) is 18.7. The molecule has 0 N–H and O–H groups in total. The van der Waals surface area contributed by atoms with Crippen molar-refractivity contribution in [2.24, 2.45) is 5.41 Å². The number of hydrogen-bond donors (Lipinski definition) is 0. The van der Waals surface area contributed by atoms with E-state index in [-0.39, 0.29) is 17.7 Å². The van der Waals surface area contributed by atoms with Crippen LogP contribution in [0.5, 0.6) is 0 Å². The lowest BCUT2D eigenvalue weighted by Gasteiger charge is -2.33. The Bertz CT molecular complexity index is 738. The average Bonchev–Trinajstić information content (AvgIpc) is 2.79. The number of amides is 3. The number of carbonyl (C=O) groups excluding carboxylic acids is 3. The Balaban J connectivity index is 1.89. The molecule has 140 valence electrons. The van der Waals surface area contributed by atoms with Gasteiger partial charge in [0, 0.05) is 68.6 Å². The molecule has 2 heterocycles. The van der Waals surface area contributed by atoms with Crippen molar-refractivity contribution < 1.29 is 14.4 Å². The first-order valence-corrected chi connectivity index (χ1v) is 9.29. The van der Waals surface area contributed by atoms with Crippen LogP contribution in [0.2, 0.25) is 5.02 Å². The second-order valence-electron chi connectivity index (χ2n) is 7.26. The second-order valence-corrected chi connectivity index (χ2v) is 7.70. The van der Waals surface area contributed by atoms with Crippen LogP contribution in [-0.2, 0) is 9.59 Å². The predicted octanol–water partition coefficient (Wildman–Crippen LogP) is 1.88. The minimum atomic E-state index is -0.413. The summed E-state index contributed by atoms with van der Waals surface area (Å²) in [4.78, 5) is 42.7. The highest BCUT2D eigenvalue weighted by molar-refractivity contribution is 6.30. The summed E-state index contributed by atoms with van der Waals surface area (Å²) in [7, 11) is 0. The van der Waals surface area contributed by atoms with Crippen LogP contribution in [0.1, 0.15) is 30.6 Å². The van der Waals surface area contributed by atoms with Crippen molar-refractivity contribution in [3.05, 3.63) is 34.9 Å². The molecule has 0 aromatic heterocycles. The van der Waals surface area contributed by atoms with Gasteiger partial charge in [-0.1, -0.05) is 17.7 Å². The maximum absolute atomic E-state index is 13.0. The summed E-state index contributed by atoms with van der Waals surface area (Å²) in [6.45, 7) is 6.60. The number of hydrogen-bond acceptors (Lipinski definition) is 3. The summed E-state index contributed by atoms with van der Waals surface area (Å²) in [5.41, 5.74) is 0.115. The molecule has 0 aliphatic carbocycles. The van der Waals surface area contributed by atoms with E-state index >= 15 is 0 Å². The van der Waals surface area contributed by atoms with Gasteiger partial charge in [-0.3, -0.25) is 14.4 Å². The highest BCUT2D eigenvalue weighted by Crippen LogP contribution is 2.35. The second kappa shape index (κ2) is 7.27. The van der Waals surface area contributed by atoms with E-state index in [9.17, 15) is 14.4 Å². The number of rotatable bonds is 2. The minimum absolute atomic E-state index is 0.0242. The summed E-state index contributed by atoms with van der Waals surface area (Å²) in [6.07, 6.45) is 0.365. The van der Waals surface area contributed by atoms with E-state index in [4.69, 9.17) is 11.6 Å². The maximum atomic E-state index is 13.0. The highest BCUT2D eigenvalue weighted by atomic mass is 35.5. The van der Waals surface area contributed by atoms with Crippen molar-refractivity contribution in [2.45, 2.75) is 20.3 Å². The van der Waals surface area contributed by atoms with Gasteiger partial charge in [0.05, 0.1) is 0 Å². The van der Waals surface area contributed by atoms with Gasteiger partial charge in [-0.15, -0.1) is 0 Å².